The van der Waals surface area contributed by atoms with Crippen molar-refractivity contribution in [3.63, 3.8) is 0 Å². The number of carbonyl (C=O) groups is 1. The minimum absolute atomic E-state index is 0.0945. The Morgan fingerprint density at radius 2 is 2.10 bits per heavy atom. The number of rotatable bonds is 7. The topological polar surface area (TPSA) is 109 Å². The highest BCUT2D eigenvalue weighted by Crippen LogP contribution is 2.45. The van der Waals surface area contributed by atoms with Gasteiger partial charge in [0.1, 0.15) is 6.04 Å². The van der Waals surface area contributed by atoms with Crippen molar-refractivity contribution >= 4 is 34.7 Å². The van der Waals surface area contributed by atoms with E-state index in [9.17, 15) is 18.0 Å². The summed E-state index contributed by atoms with van der Waals surface area (Å²) in [5.41, 5.74) is 7.93. The first-order chi connectivity index (χ1) is 19.6. The minimum Gasteiger partial charge on any atom is -0.465 e. The van der Waals surface area contributed by atoms with Crippen LogP contribution in [-0.2, 0) is 14.3 Å². The molecule has 1 fully saturated rings. The zero-order valence-electron chi connectivity index (χ0n) is 22.6. The highest BCUT2D eigenvalue weighted by molar-refractivity contribution is 6.30. The molecule has 3 N–H and O–H groups in total. The Labute approximate surface area is 241 Å². The van der Waals surface area contributed by atoms with Crippen molar-refractivity contribution < 1.29 is 32.2 Å². The molecule has 3 aliphatic rings. The van der Waals surface area contributed by atoms with Gasteiger partial charge in [-0.2, -0.15) is 18.2 Å². The predicted octanol–water partition coefficient (Wildman–Crippen LogP) is 5.68. The maximum Gasteiger partial charge on any atom is 0.429 e. The number of hydrogen-bond donors (Lipinski definition) is 2. The van der Waals surface area contributed by atoms with Crippen LogP contribution in [0.15, 0.2) is 36.4 Å². The summed E-state index contributed by atoms with van der Waals surface area (Å²) < 4.78 is 59.6. The van der Waals surface area contributed by atoms with Crippen molar-refractivity contribution in [2.75, 3.05) is 32.1 Å². The first kappa shape index (κ1) is 29.3. The molecular weight excluding hydrogens is 561 g/mol. The van der Waals surface area contributed by atoms with Gasteiger partial charge in [-0.15, -0.1) is 0 Å². The third kappa shape index (κ3) is 6.68. The molecule has 3 atom stereocenters. The van der Waals surface area contributed by atoms with Crippen molar-refractivity contribution in [2.45, 2.75) is 57.3 Å². The normalized spacial score (nSPS) is 23.6. The van der Waals surface area contributed by atoms with Crippen LogP contribution in [-0.4, -0.2) is 54.5 Å². The average Bonchev–Trinajstić information content (AvgIpc) is 3.35. The molecule has 1 spiro atoms. The number of aromatic nitrogens is 2. The summed E-state index contributed by atoms with van der Waals surface area (Å²) in [6.07, 6.45) is 0.0929. The molecule has 2 unspecified atom stereocenters. The maximum atomic E-state index is 14.5. The Hall–Kier alpha value is -3.15. The van der Waals surface area contributed by atoms with Gasteiger partial charge in [-0.1, -0.05) is 29.8 Å². The lowest BCUT2D eigenvalue weighted by Gasteiger charge is -2.32. The molecule has 0 radical (unpaired) electrons. The fourth-order valence-corrected chi connectivity index (χ4v) is 5.90. The summed E-state index contributed by atoms with van der Waals surface area (Å²) in [6.45, 7) is 3.46. The number of nitrogens with one attached hydrogen (secondary N) is 1. The molecule has 8 nitrogen and oxygen atoms in total. The van der Waals surface area contributed by atoms with Crippen LogP contribution in [0.5, 0.6) is 5.88 Å². The Bertz CT molecular complexity index is 1370. The molecule has 1 aliphatic carbocycles. The minimum atomic E-state index is -4.76. The summed E-state index contributed by atoms with van der Waals surface area (Å²) >= 11 is 6.16. The van der Waals surface area contributed by atoms with Gasteiger partial charge in [0.25, 0.3) is 0 Å². The summed E-state index contributed by atoms with van der Waals surface area (Å²) in [7, 11) is 0. The number of nitrogens with zero attached hydrogens (tertiary/aromatic N) is 2. The van der Waals surface area contributed by atoms with Crippen LogP contribution >= 0.6 is 11.6 Å². The van der Waals surface area contributed by atoms with Crippen molar-refractivity contribution in [3.8, 4) is 5.88 Å². The van der Waals surface area contributed by atoms with Crippen LogP contribution in [0.4, 0.5) is 19.1 Å². The maximum absolute atomic E-state index is 14.5. The van der Waals surface area contributed by atoms with Crippen LogP contribution in [0.2, 0.25) is 5.02 Å². The highest BCUT2D eigenvalue weighted by atomic mass is 35.5. The van der Waals surface area contributed by atoms with Gasteiger partial charge < -0.3 is 25.3 Å². The molecule has 12 heteroatoms. The molecule has 3 heterocycles. The largest absolute Gasteiger partial charge is 0.465 e. The van der Waals surface area contributed by atoms with Crippen LogP contribution in [0.25, 0.3) is 11.1 Å². The van der Waals surface area contributed by atoms with Crippen molar-refractivity contribution in [3.05, 3.63) is 58.3 Å². The van der Waals surface area contributed by atoms with Crippen molar-refractivity contribution in [2.24, 2.45) is 5.41 Å². The Morgan fingerprint density at radius 3 is 2.78 bits per heavy atom. The average molecular weight is 593 g/mol. The Morgan fingerprint density at radius 1 is 1.27 bits per heavy atom. The lowest BCUT2D eigenvalue weighted by atomic mass is 9.73. The number of halogens is 4. The highest BCUT2D eigenvalue weighted by Gasteiger charge is 2.45. The Balaban J connectivity index is 1.39. The van der Waals surface area contributed by atoms with Crippen LogP contribution in [0.3, 0.4) is 0 Å². The number of carbonyl (C=O) groups excluding carboxylic acids is 1. The molecule has 0 bridgehead atoms. The van der Waals surface area contributed by atoms with Gasteiger partial charge in [0.15, 0.2) is 0 Å². The third-order valence-electron chi connectivity index (χ3n) is 7.78. The molecule has 0 amide bonds. The second-order valence-corrected chi connectivity index (χ2v) is 11.1. The molecule has 1 aromatic carbocycles. The summed E-state index contributed by atoms with van der Waals surface area (Å²) in [4.78, 5) is 20.4. The third-order valence-corrected chi connectivity index (χ3v) is 8.01. The second kappa shape index (κ2) is 12.0. The number of esters is 1. The molecule has 220 valence electrons. The van der Waals surface area contributed by atoms with Crippen LogP contribution < -0.4 is 15.8 Å². The predicted molar refractivity (Wildman–Crippen MR) is 148 cm³/mol. The lowest BCUT2D eigenvalue weighted by molar-refractivity contribution is -0.198. The van der Waals surface area contributed by atoms with Gasteiger partial charge in [-0.3, -0.25) is 4.79 Å². The van der Waals surface area contributed by atoms with Crippen molar-refractivity contribution in [1.29, 1.82) is 0 Å². The zero-order valence-corrected chi connectivity index (χ0v) is 23.4. The molecule has 2 aliphatic heterocycles. The van der Waals surface area contributed by atoms with Gasteiger partial charge in [0.05, 0.1) is 25.5 Å². The molecule has 1 aromatic heterocycles. The molecule has 41 heavy (non-hydrogen) atoms. The van der Waals surface area contributed by atoms with E-state index in [1.54, 1.807) is 6.92 Å². The number of benzene rings is 1. The SMILES string of the molecule is CCOC(=O)C1CC2(CC=C(c3cc(O[C@H](c4ccc(Cl)cc4C4=CCCOC4)C(F)(F)F)nc(N)n3)CC2)CN1. The molecule has 1 saturated heterocycles. The number of nitrogens with two attached hydrogens (primary N) is 1. The lowest BCUT2D eigenvalue weighted by Crippen LogP contribution is -2.32. The van der Waals surface area contributed by atoms with E-state index in [1.165, 1.54) is 24.3 Å². The van der Waals surface area contributed by atoms with E-state index >= 15 is 0 Å². The number of alkyl halides is 3. The van der Waals surface area contributed by atoms with Gasteiger partial charge in [-0.05, 0) is 73.3 Å². The van der Waals surface area contributed by atoms with Crippen LogP contribution in [0.1, 0.15) is 62.0 Å². The van der Waals surface area contributed by atoms with Gasteiger partial charge in [0.2, 0.25) is 17.9 Å². The first-order valence-electron chi connectivity index (χ1n) is 13.6. The standard InChI is InChI=1S/C29H32ClF3N4O4/c1-2-40-26(38)23-14-28(16-35-23)9-7-17(8-10-28)22-13-24(37-27(34)36-22)41-25(29(31,32)33)20-6-5-19(30)12-21(20)18-4-3-11-39-15-18/h4-7,12-13,23,25,35H,2-3,8-11,14-16H2,1H3,(H2,34,36,37)/t23?,25-,28?/m1/s1. The monoisotopic (exact) mass is 592 g/mol. The fraction of sp³-hybridized carbons (Fsp3) is 0.483. The number of hydrogen-bond acceptors (Lipinski definition) is 8. The molecule has 2 aromatic rings. The van der Waals surface area contributed by atoms with E-state index < -0.39 is 12.3 Å². The summed E-state index contributed by atoms with van der Waals surface area (Å²) in [6, 6.07) is 5.27. The Kier molecular flexibility index (Phi) is 8.58. The molecule has 0 saturated carbocycles. The number of allylic oxidation sites excluding steroid dienone is 2. The van der Waals surface area contributed by atoms with E-state index in [2.05, 4.69) is 15.3 Å². The smallest absolute Gasteiger partial charge is 0.429 e. The number of anilines is 1. The van der Waals surface area contributed by atoms with Gasteiger partial charge in [-0.25, -0.2) is 4.98 Å². The summed E-state index contributed by atoms with van der Waals surface area (Å²) in [5.74, 6) is -0.722. The van der Waals surface area contributed by atoms with Gasteiger partial charge in [0, 0.05) is 23.2 Å². The fourth-order valence-electron chi connectivity index (χ4n) is 5.72. The molecular formula is C29H32ClF3N4O4. The first-order valence-corrected chi connectivity index (χ1v) is 14.0. The quantitative estimate of drug-likeness (QED) is 0.396. The van der Waals surface area contributed by atoms with E-state index in [4.69, 9.17) is 31.5 Å². The second-order valence-electron chi connectivity index (χ2n) is 10.6. The van der Waals surface area contributed by atoms with Crippen LogP contribution in [0, 0.1) is 5.41 Å². The van der Waals surface area contributed by atoms with Crippen molar-refractivity contribution in [1.82, 2.24) is 15.3 Å². The molecule has 5 rings (SSSR count). The van der Waals surface area contributed by atoms with Gasteiger partial charge >= 0.3 is 12.1 Å². The zero-order chi connectivity index (χ0) is 29.2. The van der Waals surface area contributed by atoms with E-state index in [1.807, 2.05) is 12.2 Å². The van der Waals surface area contributed by atoms with E-state index in [0.29, 0.717) is 67.3 Å². The van der Waals surface area contributed by atoms with E-state index in [-0.39, 0.29) is 41.4 Å². The number of nitrogen functional groups attached to an aromatic ring is 1. The summed E-state index contributed by atoms with van der Waals surface area (Å²) in [5, 5.41) is 3.56. The van der Waals surface area contributed by atoms with E-state index in [0.717, 1.165) is 12.0 Å². The number of ether oxygens (including phenoxy) is 3.